The molecule has 2 saturated heterocycles. The van der Waals surface area contributed by atoms with Gasteiger partial charge in [0, 0.05) is 24.2 Å². The van der Waals surface area contributed by atoms with Crippen LogP contribution in [0.1, 0.15) is 51.9 Å². The van der Waals surface area contributed by atoms with E-state index in [4.69, 9.17) is 26.2 Å². The van der Waals surface area contributed by atoms with Gasteiger partial charge in [-0.1, -0.05) is 25.5 Å². The monoisotopic (exact) mass is 597 g/mol. The Morgan fingerprint density at radius 2 is 1.87 bits per heavy atom. The maximum Gasteiger partial charge on any atom is 0.322 e. The SMILES string of the molecule is CCC1(COCCC[Si]2(C)O[Si](C)(C)OCCCC[Si](C)O[Si](C)(C3CC4CC3C3C=CCC43)O2)COC1. The Labute approximate surface area is 237 Å². The lowest BCUT2D eigenvalue weighted by Gasteiger charge is -2.47. The van der Waals surface area contributed by atoms with Crippen molar-refractivity contribution in [2.24, 2.45) is 29.1 Å². The van der Waals surface area contributed by atoms with Crippen LogP contribution in [0.2, 0.25) is 50.4 Å². The van der Waals surface area contributed by atoms with Gasteiger partial charge in [0.25, 0.3) is 0 Å². The third kappa shape index (κ3) is 6.55. The standard InChI is InChI=1S/C28H53O6Si4/c1-7-28(21-30-22-28)20-29-14-11-17-37(5)33-36(3,4)31-15-8-9-16-35(2)32-38(6,34-37)27-19-23-18-26(27)25-13-10-12-24(23)25/h10,13,23-27H,7-9,11-12,14-22H2,1-6H3. The molecule has 0 aromatic carbocycles. The zero-order chi connectivity index (χ0) is 27.0. The van der Waals surface area contributed by atoms with Gasteiger partial charge in [0.15, 0.2) is 9.04 Å². The third-order valence-electron chi connectivity index (χ3n) is 10.2. The molecule has 0 spiro atoms. The van der Waals surface area contributed by atoms with Crippen LogP contribution in [-0.2, 0) is 26.2 Å². The molecule has 7 unspecified atom stereocenters. The molecule has 2 aliphatic heterocycles. The maximum absolute atomic E-state index is 7.50. The molecule has 3 aliphatic carbocycles. The summed E-state index contributed by atoms with van der Waals surface area (Å²) in [5.41, 5.74) is 0.817. The Kier molecular flexibility index (Phi) is 9.37. The fourth-order valence-corrected chi connectivity index (χ4v) is 26.3. The van der Waals surface area contributed by atoms with E-state index in [1.54, 1.807) is 0 Å². The van der Waals surface area contributed by atoms with Crippen LogP contribution in [0.15, 0.2) is 12.2 Å². The minimum atomic E-state index is -2.57. The number of rotatable bonds is 8. The molecule has 2 heterocycles. The van der Waals surface area contributed by atoms with Crippen LogP contribution in [0, 0.1) is 29.1 Å². The fourth-order valence-electron chi connectivity index (χ4n) is 8.18. The second kappa shape index (κ2) is 11.9. The Hall–Kier alpha value is 0.368. The second-order valence-corrected chi connectivity index (χ2v) is 26.8. The second-order valence-electron chi connectivity index (χ2n) is 13.8. The van der Waals surface area contributed by atoms with Crippen LogP contribution < -0.4 is 0 Å². The Bertz CT molecular complexity index is 835. The highest BCUT2D eigenvalue weighted by Gasteiger charge is 2.61. The summed E-state index contributed by atoms with van der Waals surface area (Å²) in [4.78, 5) is 0. The molecule has 4 fully saturated rings. The Balaban J connectivity index is 1.31. The van der Waals surface area contributed by atoms with E-state index in [0.717, 1.165) is 82.0 Å². The summed E-state index contributed by atoms with van der Waals surface area (Å²) in [5, 5.41) is 0. The van der Waals surface area contributed by atoms with Gasteiger partial charge in [-0.25, -0.2) is 0 Å². The molecule has 2 bridgehead atoms. The molecule has 10 heteroatoms. The van der Waals surface area contributed by atoms with Crippen molar-refractivity contribution >= 4 is 34.7 Å². The largest absolute Gasteiger partial charge is 0.436 e. The first kappa shape index (κ1) is 29.8. The molecule has 38 heavy (non-hydrogen) atoms. The molecule has 5 rings (SSSR count). The van der Waals surface area contributed by atoms with E-state index in [1.807, 2.05) is 0 Å². The van der Waals surface area contributed by atoms with Gasteiger partial charge in [0.05, 0.1) is 19.8 Å². The minimum absolute atomic E-state index is 0.234. The number of hydrogen-bond acceptors (Lipinski definition) is 6. The van der Waals surface area contributed by atoms with Crippen LogP contribution in [0.25, 0.3) is 0 Å². The fraction of sp³-hybridized carbons (Fsp3) is 0.929. The first-order valence-corrected chi connectivity index (χ1v) is 25.3. The highest BCUT2D eigenvalue weighted by molar-refractivity contribution is 6.87. The zero-order valence-corrected chi connectivity index (χ0v) is 28.9. The van der Waals surface area contributed by atoms with E-state index in [-0.39, 0.29) is 5.41 Å². The molecule has 0 aromatic rings. The van der Waals surface area contributed by atoms with E-state index >= 15 is 0 Å². The van der Waals surface area contributed by atoms with E-state index < -0.39 is 34.7 Å². The van der Waals surface area contributed by atoms with Gasteiger partial charge in [-0.2, -0.15) is 0 Å². The van der Waals surface area contributed by atoms with Crippen molar-refractivity contribution in [1.82, 2.24) is 0 Å². The molecule has 1 radical (unpaired) electrons. The Morgan fingerprint density at radius 3 is 2.61 bits per heavy atom. The van der Waals surface area contributed by atoms with Crippen molar-refractivity contribution in [2.75, 3.05) is 33.0 Å². The van der Waals surface area contributed by atoms with Crippen LogP contribution in [-0.4, -0.2) is 67.8 Å². The van der Waals surface area contributed by atoms with Crippen molar-refractivity contribution in [3.8, 4) is 0 Å². The molecule has 7 atom stereocenters. The number of hydrogen-bond donors (Lipinski definition) is 0. The number of fused-ring (bicyclic) bond motifs is 5. The minimum Gasteiger partial charge on any atom is -0.436 e. The summed E-state index contributed by atoms with van der Waals surface area (Å²) in [5.74, 6) is 3.23. The normalized spacial score (nSPS) is 42.8. The lowest BCUT2D eigenvalue weighted by molar-refractivity contribution is -0.150. The Morgan fingerprint density at radius 1 is 1.05 bits per heavy atom. The van der Waals surface area contributed by atoms with Crippen LogP contribution in [0.3, 0.4) is 0 Å². The average molecular weight is 598 g/mol. The molecule has 0 amide bonds. The smallest absolute Gasteiger partial charge is 0.322 e. The van der Waals surface area contributed by atoms with Crippen LogP contribution >= 0.6 is 0 Å². The highest BCUT2D eigenvalue weighted by atomic mass is 28.5. The summed E-state index contributed by atoms with van der Waals surface area (Å²) in [6.07, 6.45) is 13.3. The number of allylic oxidation sites excluding steroid dienone is 2. The summed E-state index contributed by atoms with van der Waals surface area (Å²) < 4.78 is 39.9. The quantitative estimate of drug-likeness (QED) is 0.175. The van der Waals surface area contributed by atoms with E-state index in [1.165, 1.54) is 31.7 Å². The topological polar surface area (TPSA) is 55.4 Å². The summed E-state index contributed by atoms with van der Waals surface area (Å²) in [6, 6.07) is 2.12. The van der Waals surface area contributed by atoms with Gasteiger partial charge in [-0.05, 0) is 107 Å². The van der Waals surface area contributed by atoms with Gasteiger partial charge in [0.2, 0.25) is 0 Å². The molecular formula is C28H53O6Si4. The van der Waals surface area contributed by atoms with Crippen molar-refractivity contribution in [3.05, 3.63) is 12.2 Å². The van der Waals surface area contributed by atoms with E-state index in [2.05, 4.69) is 51.8 Å². The lowest BCUT2D eigenvalue weighted by atomic mass is 9.81. The summed E-state index contributed by atoms with van der Waals surface area (Å²) in [6.45, 7) is 17.8. The highest BCUT2D eigenvalue weighted by Crippen LogP contribution is 2.64. The summed E-state index contributed by atoms with van der Waals surface area (Å²) >= 11 is 0. The van der Waals surface area contributed by atoms with E-state index in [9.17, 15) is 0 Å². The van der Waals surface area contributed by atoms with Gasteiger partial charge in [-0.3, -0.25) is 0 Å². The van der Waals surface area contributed by atoms with Gasteiger partial charge in [0.1, 0.15) is 0 Å². The third-order valence-corrected chi connectivity index (χ3v) is 25.5. The molecule has 0 aromatic heterocycles. The molecular weight excluding hydrogens is 545 g/mol. The van der Waals surface area contributed by atoms with Crippen molar-refractivity contribution in [1.29, 1.82) is 0 Å². The molecule has 5 aliphatic rings. The predicted octanol–water partition coefficient (Wildman–Crippen LogP) is 6.75. The van der Waals surface area contributed by atoms with Gasteiger partial charge < -0.3 is 26.2 Å². The average Bonchev–Trinajstić information content (AvgIpc) is 3.53. The molecule has 2 saturated carbocycles. The van der Waals surface area contributed by atoms with Crippen molar-refractivity contribution in [2.45, 2.75) is 102 Å². The first-order chi connectivity index (χ1) is 18.1. The maximum atomic E-state index is 7.50. The van der Waals surface area contributed by atoms with Crippen LogP contribution in [0.4, 0.5) is 0 Å². The number of ether oxygens (including phenoxy) is 2. The van der Waals surface area contributed by atoms with Crippen molar-refractivity contribution < 1.29 is 26.2 Å². The van der Waals surface area contributed by atoms with Crippen LogP contribution in [0.5, 0.6) is 0 Å². The molecule has 6 nitrogen and oxygen atoms in total. The van der Waals surface area contributed by atoms with Gasteiger partial charge >= 0.3 is 25.7 Å². The summed E-state index contributed by atoms with van der Waals surface area (Å²) in [7, 11) is -8.30. The molecule has 217 valence electrons. The predicted molar refractivity (Wildman–Crippen MR) is 160 cm³/mol. The van der Waals surface area contributed by atoms with Crippen molar-refractivity contribution in [3.63, 3.8) is 0 Å². The molecule has 0 N–H and O–H groups in total. The van der Waals surface area contributed by atoms with Gasteiger partial charge in [-0.15, -0.1) is 0 Å². The first-order valence-electron chi connectivity index (χ1n) is 15.4. The van der Waals surface area contributed by atoms with E-state index in [0.29, 0.717) is 5.54 Å². The zero-order valence-electron chi connectivity index (χ0n) is 24.9. The lowest BCUT2D eigenvalue weighted by Crippen LogP contribution is -2.60.